The van der Waals surface area contributed by atoms with Crippen molar-refractivity contribution >= 4 is 39.1 Å². The van der Waals surface area contributed by atoms with E-state index in [-0.39, 0.29) is 0 Å². The Labute approximate surface area is 130 Å². The number of hydrogen-bond acceptors (Lipinski definition) is 2. The van der Waals surface area contributed by atoms with Gasteiger partial charge in [-0.05, 0) is 31.2 Å². The summed E-state index contributed by atoms with van der Waals surface area (Å²) in [4.78, 5) is 0. The van der Waals surface area contributed by atoms with Crippen LogP contribution in [0.5, 0.6) is 11.5 Å². The fraction of sp³-hybridized carbons (Fsp3) is 0.143. The molecule has 0 aliphatic heterocycles. The molecule has 1 atom stereocenters. The minimum Gasteiger partial charge on any atom is -0.457 e. The molecule has 0 radical (unpaired) electrons. The van der Waals surface area contributed by atoms with Gasteiger partial charge in [0.1, 0.15) is 11.5 Å². The van der Waals surface area contributed by atoms with Crippen molar-refractivity contribution in [3.05, 3.63) is 56.5 Å². The van der Waals surface area contributed by atoms with E-state index in [1.54, 1.807) is 31.2 Å². The van der Waals surface area contributed by atoms with Gasteiger partial charge in [-0.1, -0.05) is 45.2 Å². The minimum atomic E-state index is -0.620. The summed E-state index contributed by atoms with van der Waals surface area (Å²) < 4.78 is 6.62. The van der Waals surface area contributed by atoms with Gasteiger partial charge in [-0.25, -0.2) is 0 Å². The third kappa shape index (κ3) is 3.63. The smallest absolute Gasteiger partial charge is 0.134 e. The molecule has 1 N–H and O–H groups in total. The van der Waals surface area contributed by atoms with Gasteiger partial charge in [0, 0.05) is 16.1 Å². The molecule has 1 unspecified atom stereocenters. The predicted octanol–water partition coefficient (Wildman–Crippen LogP) is 5.60. The van der Waals surface area contributed by atoms with Crippen LogP contribution in [-0.4, -0.2) is 5.11 Å². The van der Waals surface area contributed by atoms with Crippen molar-refractivity contribution in [1.29, 1.82) is 0 Å². The highest BCUT2D eigenvalue weighted by Crippen LogP contribution is 2.34. The number of ether oxygens (including phenoxy) is 1. The molecule has 100 valence electrons. The molecule has 0 heterocycles. The van der Waals surface area contributed by atoms with Gasteiger partial charge in [-0.3, -0.25) is 0 Å². The van der Waals surface area contributed by atoms with E-state index < -0.39 is 6.10 Å². The molecule has 0 saturated heterocycles. The van der Waals surface area contributed by atoms with Crippen molar-refractivity contribution in [2.24, 2.45) is 0 Å². The molecule has 0 aliphatic rings. The van der Waals surface area contributed by atoms with Gasteiger partial charge in [0.05, 0.1) is 16.1 Å². The molecule has 0 aliphatic carbocycles. The van der Waals surface area contributed by atoms with Crippen molar-refractivity contribution in [1.82, 2.24) is 0 Å². The Kier molecular flexibility index (Phi) is 4.74. The van der Waals surface area contributed by atoms with E-state index in [9.17, 15) is 5.11 Å². The van der Waals surface area contributed by atoms with E-state index in [4.69, 9.17) is 27.9 Å². The first-order chi connectivity index (χ1) is 8.97. The summed E-state index contributed by atoms with van der Waals surface area (Å²) in [6, 6.07) is 10.5. The van der Waals surface area contributed by atoms with Crippen LogP contribution in [0.25, 0.3) is 0 Å². The molecule has 0 spiro atoms. The third-order valence-corrected chi connectivity index (χ3v) is 3.78. The standard InChI is InChI=1S/C14H11BrCl2O2/c1-8(18)11-4-2-9(15)6-14(11)19-10-3-5-12(16)13(17)7-10/h2-8,18H,1H3. The molecule has 0 bridgehead atoms. The molecule has 5 heteroatoms. The highest BCUT2D eigenvalue weighted by molar-refractivity contribution is 9.10. The fourth-order valence-corrected chi connectivity index (χ4v) is 2.24. The monoisotopic (exact) mass is 360 g/mol. The van der Waals surface area contributed by atoms with Crippen LogP contribution in [0.1, 0.15) is 18.6 Å². The summed E-state index contributed by atoms with van der Waals surface area (Å²) in [5.74, 6) is 1.14. The molecule has 2 rings (SSSR count). The predicted molar refractivity (Wildman–Crippen MR) is 81.3 cm³/mol. The molecule has 19 heavy (non-hydrogen) atoms. The van der Waals surface area contributed by atoms with E-state index in [2.05, 4.69) is 15.9 Å². The van der Waals surface area contributed by atoms with Crippen LogP contribution >= 0.6 is 39.1 Å². The lowest BCUT2D eigenvalue weighted by Gasteiger charge is -2.14. The lowest BCUT2D eigenvalue weighted by atomic mass is 10.1. The Balaban J connectivity index is 2.36. The van der Waals surface area contributed by atoms with Crippen LogP contribution in [-0.2, 0) is 0 Å². The van der Waals surface area contributed by atoms with Crippen molar-refractivity contribution in [3.63, 3.8) is 0 Å². The number of halogens is 3. The second-order valence-corrected chi connectivity index (χ2v) is 5.77. The topological polar surface area (TPSA) is 29.5 Å². The second-order valence-electron chi connectivity index (χ2n) is 4.04. The quantitative estimate of drug-likeness (QED) is 0.770. The van der Waals surface area contributed by atoms with Gasteiger partial charge in [0.15, 0.2) is 0 Å². The highest BCUT2D eigenvalue weighted by atomic mass is 79.9. The van der Waals surface area contributed by atoms with E-state index >= 15 is 0 Å². The SMILES string of the molecule is CC(O)c1ccc(Br)cc1Oc1ccc(Cl)c(Cl)c1. The summed E-state index contributed by atoms with van der Waals surface area (Å²) in [7, 11) is 0. The maximum absolute atomic E-state index is 9.73. The number of rotatable bonds is 3. The Morgan fingerprint density at radius 3 is 2.47 bits per heavy atom. The molecular weight excluding hydrogens is 351 g/mol. The van der Waals surface area contributed by atoms with Crippen LogP contribution in [0.2, 0.25) is 10.0 Å². The average Bonchev–Trinajstić information content (AvgIpc) is 2.33. The van der Waals surface area contributed by atoms with Crippen molar-refractivity contribution < 1.29 is 9.84 Å². The maximum Gasteiger partial charge on any atom is 0.134 e. The Bertz CT molecular complexity index is 600. The zero-order valence-corrected chi connectivity index (χ0v) is 13.1. The van der Waals surface area contributed by atoms with Gasteiger partial charge in [0.2, 0.25) is 0 Å². The Morgan fingerprint density at radius 1 is 1.11 bits per heavy atom. The van der Waals surface area contributed by atoms with E-state index in [0.717, 1.165) is 4.47 Å². The molecule has 2 aromatic carbocycles. The zero-order chi connectivity index (χ0) is 14.0. The lowest BCUT2D eigenvalue weighted by molar-refractivity contribution is 0.195. The van der Waals surface area contributed by atoms with E-state index in [1.807, 2.05) is 12.1 Å². The summed E-state index contributed by atoms with van der Waals surface area (Å²) in [5.41, 5.74) is 0.703. The molecule has 0 saturated carbocycles. The number of aliphatic hydroxyl groups excluding tert-OH is 1. The van der Waals surface area contributed by atoms with Gasteiger partial charge >= 0.3 is 0 Å². The van der Waals surface area contributed by atoms with Gasteiger partial charge in [0.25, 0.3) is 0 Å². The van der Waals surface area contributed by atoms with Gasteiger partial charge < -0.3 is 9.84 Å². The Morgan fingerprint density at radius 2 is 1.84 bits per heavy atom. The molecule has 0 aromatic heterocycles. The van der Waals surface area contributed by atoms with Crippen LogP contribution in [0, 0.1) is 0 Å². The van der Waals surface area contributed by atoms with Gasteiger partial charge in [-0.15, -0.1) is 0 Å². The highest BCUT2D eigenvalue weighted by Gasteiger charge is 2.11. The first-order valence-corrected chi connectivity index (χ1v) is 7.12. The van der Waals surface area contributed by atoms with E-state index in [0.29, 0.717) is 27.1 Å². The molecule has 2 nitrogen and oxygen atoms in total. The van der Waals surface area contributed by atoms with E-state index in [1.165, 1.54) is 0 Å². The first-order valence-electron chi connectivity index (χ1n) is 5.58. The normalized spacial score (nSPS) is 12.3. The Hall–Kier alpha value is -0.740. The van der Waals surface area contributed by atoms with Crippen LogP contribution < -0.4 is 4.74 Å². The van der Waals surface area contributed by atoms with Crippen LogP contribution in [0.4, 0.5) is 0 Å². The minimum absolute atomic E-state index is 0.424. The lowest BCUT2D eigenvalue weighted by Crippen LogP contribution is -1.96. The zero-order valence-electron chi connectivity index (χ0n) is 10.0. The summed E-state index contributed by atoms with van der Waals surface area (Å²) >= 11 is 15.2. The summed E-state index contributed by atoms with van der Waals surface area (Å²) in [5, 5.41) is 10.6. The molecule has 2 aromatic rings. The first kappa shape index (κ1) is 14.7. The van der Waals surface area contributed by atoms with Gasteiger partial charge in [-0.2, -0.15) is 0 Å². The van der Waals surface area contributed by atoms with Crippen LogP contribution in [0.3, 0.4) is 0 Å². The molecular formula is C14H11BrCl2O2. The van der Waals surface area contributed by atoms with Crippen molar-refractivity contribution in [3.8, 4) is 11.5 Å². The molecule has 0 fully saturated rings. The molecule has 0 amide bonds. The number of aliphatic hydroxyl groups is 1. The largest absolute Gasteiger partial charge is 0.457 e. The summed E-state index contributed by atoms with van der Waals surface area (Å²) in [6.45, 7) is 1.69. The summed E-state index contributed by atoms with van der Waals surface area (Å²) in [6.07, 6.45) is -0.620. The third-order valence-electron chi connectivity index (χ3n) is 2.54. The maximum atomic E-state index is 9.73. The number of hydrogen-bond donors (Lipinski definition) is 1. The van der Waals surface area contributed by atoms with Crippen molar-refractivity contribution in [2.45, 2.75) is 13.0 Å². The van der Waals surface area contributed by atoms with Crippen LogP contribution in [0.15, 0.2) is 40.9 Å². The number of benzene rings is 2. The second kappa shape index (κ2) is 6.14. The average molecular weight is 362 g/mol. The van der Waals surface area contributed by atoms with Crippen molar-refractivity contribution in [2.75, 3.05) is 0 Å². The fourth-order valence-electron chi connectivity index (χ4n) is 1.61.